The molecule has 5 rings (SSSR count). The van der Waals surface area contributed by atoms with Crippen LogP contribution in [0.4, 0.5) is 5.69 Å². The summed E-state index contributed by atoms with van der Waals surface area (Å²) >= 11 is 1.60. The fourth-order valence-electron chi connectivity index (χ4n) is 5.19. The van der Waals surface area contributed by atoms with Crippen LogP contribution in [0.1, 0.15) is 39.0 Å². The van der Waals surface area contributed by atoms with Crippen molar-refractivity contribution in [1.29, 1.82) is 0 Å². The molecule has 0 saturated heterocycles. The number of hydrogen-bond acceptors (Lipinski definition) is 7. The maximum absolute atomic E-state index is 13.2. The number of methoxy groups -OCH3 is 1. The topological polar surface area (TPSA) is 84.9 Å². The van der Waals surface area contributed by atoms with Crippen molar-refractivity contribution in [2.45, 2.75) is 25.4 Å². The fourth-order valence-corrected chi connectivity index (χ4v) is 5.82. The van der Waals surface area contributed by atoms with E-state index in [1.807, 2.05) is 107 Å². The van der Waals surface area contributed by atoms with E-state index in [0.717, 1.165) is 16.7 Å². The number of anilines is 1. The summed E-state index contributed by atoms with van der Waals surface area (Å²) in [6.07, 6.45) is 4.47. The minimum atomic E-state index is -0.714. The Morgan fingerprint density at radius 2 is 1.54 bits per heavy atom. The number of hydrogen-bond donors (Lipinski definition) is 1. The lowest BCUT2D eigenvalue weighted by molar-refractivity contribution is -0.141. The van der Waals surface area contributed by atoms with Crippen LogP contribution in [-0.4, -0.2) is 48.9 Å². The molecule has 8 heteroatoms. The summed E-state index contributed by atoms with van der Waals surface area (Å²) in [6.45, 7) is 1.49. The summed E-state index contributed by atoms with van der Waals surface area (Å²) in [4.78, 5) is 40.9. The van der Waals surface area contributed by atoms with Gasteiger partial charge in [-0.15, -0.1) is 0 Å². The van der Waals surface area contributed by atoms with Crippen LogP contribution in [0.15, 0.2) is 132 Å². The molecule has 48 heavy (non-hydrogen) atoms. The van der Waals surface area contributed by atoms with E-state index in [1.54, 1.807) is 47.7 Å². The molecule has 4 aromatic carbocycles. The van der Waals surface area contributed by atoms with Gasteiger partial charge in [0, 0.05) is 42.4 Å². The fraction of sp³-hybridized carbons (Fsp3) is 0.175. The molecule has 0 bridgehead atoms. The number of para-hydroxylation sites is 1. The van der Waals surface area contributed by atoms with Gasteiger partial charge in [-0.25, -0.2) is 4.79 Å². The van der Waals surface area contributed by atoms with Gasteiger partial charge in [-0.3, -0.25) is 9.59 Å². The number of esters is 1. The maximum Gasteiger partial charge on any atom is 0.328 e. The minimum absolute atomic E-state index is 0.0461. The van der Waals surface area contributed by atoms with Crippen molar-refractivity contribution in [2.75, 3.05) is 25.6 Å². The number of nitrogens with zero attached hydrogens (tertiary/aromatic N) is 1. The smallest absolute Gasteiger partial charge is 0.328 e. The largest absolute Gasteiger partial charge is 0.494 e. The molecule has 7 nitrogen and oxygen atoms in total. The van der Waals surface area contributed by atoms with E-state index >= 15 is 0 Å². The van der Waals surface area contributed by atoms with Gasteiger partial charge in [-0.05, 0) is 70.3 Å². The van der Waals surface area contributed by atoms with Crippen LogP contribution in [-0.2, 0) is 27.3 Å². The predicted octanol–water partition coefficient (Wildman–Crippen LogP) is 7.69. The maximum atomic E-state index is 13.2. The number of ketones is 1. The summed E-state index contributed by atoms with van der Waals surface area (Å²) in [5, 5.41) is 7.24. The molecule has 0 spiro atoms. The molecule has 1 heterocycles. The van der Waals surface area contributed by atoms with Crippen LogP contribution in [0.5, 0.6) is 5.75 Å². The molecule has 1 atom stereocenters. The van der Waals surface area contributed by atoms with Crippen molar-refractivity contribution >= 4 is 40.8 Å². The molecule has 1 unspecified atom stereocenters. The first-order valence-corrected chi connectivity index (χ1v) is 16.7. The van der Waals surface area contributed by atoms with Crippen molar-refractivity contribution in [3.63, 3.8) is 0 Å². The number of amides is 1. The number of carbonyl (C=O) groups excluding carboxylic acids is 3. The third kappa shape index (κ3) is 9.77. The highest BCUT2D eigenvalue weighted by molar-refractivity contribution is 7.08. The Labute approximate surface area is 285 Å². The minimum Gasteiger partial charge on any atom is -0.494 e. The van der Waals surface area contributed by atoms with E-state index in [1.165, 1.54) is 7.11 Å². The second kappa shape index (κ2) is 17.4. The first-order chi connectivity index (χ1) is 23.5. The van der Waals surface area contributed by atoms with Crippen molar-refractivity contribution in [1.82, 2.24) is 4.90 Å². The molecular formula is C40H38N2O5S. The normalized spacial score (nSPS) is 11.5. The highest BCUT2D eigenvalue weighted by Crippen LogP contribution is 2.22. The summed E-state index contributed by atoms with van der Waals surface area (Å²) < 4.78 is 11.1. The van der Waals surface area contributed by atoms with Gasteiger partial charge in [-0.2, -0.15) is 11.3 Å². The number of thiophene rings is 1. The van der Waals surface area contributed by atoms with E-state index in [9.17, 15) is 14.4 Å². The molecule has 0 aliphatic rings. The van der Waals surface area contributed by atoms with Crippen LogP contribution in [0.25, 0.3) is 6.08 Å². The molecule has 0 aliphatic carbocycles. The Morgan fingerprint density at radius 1 is 0.833 bits per heavy atom. The predicted molar refractivity (Wildman–Crippen MR) is 191 cm³/mol. The van der Waals surface area contributed by atoms with E-state index in [-0.39, 0.29) is 11.7 Å². The number of carbonyl (C=O) groups is 3. The average molecular weight is 659 g/mol. The van der Waals surface area contributed by atoms with E-state index in [0.29, 0.717) is 55.1 Å². The van der Waals surface area contributed by atoms with Crippen LogP contribution < -0.4 is 10.1 Å². The molecule has 0 aliphatic heterocycles. The molecule has 1 aromatic heterocycles. The summed E-state index contributed by atoms with van der Waals surface area (Å²) in [7, 11) is 1.35. The zero-order valence-corrected chi connectivity index (χ0v) is 27.6. The zero-order chi connectivity index (χ0) is 33.6. The number of benzene rings is 4. The molecule has 0 saturated carbocycles. The monoisotopic (exact) mass is 658 g/mol. The third-order valence-corrected chi connectivity index (χ3v) is 8.42. The van der Waals surface area contributed by atoms with Crippen LogP contribution in [0.2, 0.25) is 0 Å². The highest BCUT2D eigenvalue weighted by atomic mass is 32.1. The lowest BCUT2D eigenvalue weighted by Crippen LogP contribution is -2.33. The van der Waals surface area contributed by atoms with Gasteiger partial charge in [0.2, 0.25) is 5.91 Å². The standard InChI is InChI=1S/C40H38N2O5S/c1-46-40(45)37(41-36-16-9-8-15-35(36)39(44)33-13-6-3-7-14-33)27-30-17-20-34(21-18-30)47-25-10-24-42(28-31-11-4-2-5-12-31)38(43)22-19-32-23-26-48-29-32/h2-9,11-23,26,29,37,41H,10,24-25,27-28H2,1H3. The number of ether oxygens (including phenoxy) is 2. The van der Waals surface area contributed by atoms with Crippen molar-refractivity contribution in [3.05, 3.63) is 160 Å². The summed E-state index contributed by atoms with van der Waals surface area (Å²) in [5.41, 5.74) is 4.58. The first-order valence-electron chi connectivity index (χ1n) is 15.8. The highest BCUT2D eigenvalue weighted by Gasteiger charge is 2.23. The van der Waals surface area contributed by atoms with Gasteiger partial charge in [-0.1, -0.05) is 84.9 Å². The quantitative estimate of drug-likeness (QED) is 0.0507. The first kappa shape index (κ1) is 33.9. The lowest BCUT2D eigenvalue weighted by atomic mass is 10.00. The molecule has 1 N–H and O–H groups in total. The number of rotatable bonds is 16. The van der Waals surface area contributed by atoms with Crippen molar-refractivity contribution in [3.8, 4) is 5.75 Å². The van der Waals surface area contributed by atoms with Gasteiger partial charge >= 0.3 is 5.97 Å². The van der Waals surface area contributed by atoms with Gasteiger partial charge < -0.3 is 19.7 Å². The van der Waals surface area contributed by atoms with E-state index < -0.39 is 12.0 Å². The Balaban J connectivity index is 1.17. The molecule has 0 radical (unpaired) electrons. The van der Waals surface area contributed by atoms with Crippen molar-refractivity contribution < 1.29 is 23.9 Å². The Hall–Kier alpha value is -5.47. The summed E-state index contributed by atoms with van der Waals surface area (Å²) in [6, 6.07) is 35.0. The van der Waals surface area contributed by atoms with Gasteiger partial charge in [0.1, 0.15) is 11.8 Å². The SMILES string of the molecule is COC(=O)C(Cc1ccc(OCCCN(Cc2ccccc2)C(=O)C=Cc2ccsc2)cc1)Nc1ccccc1C(=O)c1ccccc1. The number of nitrogens with one attached hydrogen (secondary N) is 1. The van der Waals surface area contributed by atoms with Crippen LogP contribution >= 0.6 is 11.3 Å². The van der Waals surface area contributed by atoms with E-state index in [2.05, 4.69) is 5.32 Å². The molecular weight excluding hydrogens is 621 g/mol. The third-order valence-electron chi connectivity index (χ3n) is 7.72. The van der Waals surface area contributed by atoms with Crippen LogP contribution in [0.3, 0.4) is 0 Å². The van der Waals surface area contributed by atoms with Crippen LogP contribution in [0, 0.1) is 0 Å². The summed E-state index contributed by atoms with van der Waals surface area (Å²) in [5.74, 6) is 0.0804. The second-order valence-corrected chi connectivity index (χ2v) is 11.9. The molecule has 0 fully saturated rings. The Morgan fingerprint density at radius 3 is 2.25 bits per heavy atom. The van der Waals surface area contributed by atoms with Gasteiger partial charge in [0.15, 0.2) is 5.78 Å². The molecule has 1 amide bonds. The molecule has 5 aromatic rings. The second-order valence-electron chi connectivity index (χ2n) is 11.1. The Kier molecular flexibility index (Phi) is 12.3. The van der Waals surface area contributed by atoms with Gasteiger partial charge in [0.05, 0.1) is 13.7 Å². The van der Waals surface area contributed by atoms with Crippen molar-refractivity contribution in [2.24, 2.45) is 0 Å². The van der Waals surface area contributed by atoms with E-state index in [4.69, 9.17) is 9.47 Å². The lowest BCUT2D eigenvalue weighted by Gasteiger charge is -2.22. The average Bonchev–Trinajstić information content (AvgIpc) is 3.66. The zero-order valence-electron chi connectivity index (χ0n) is 26.8. The molecule has 244 valence electrons. The van der Waals surface area contributed by atoms with Gasteiger partial charge in [0.25, 0.3) is 0 Å². The Bertz CT molecular complexity index is 1790.